The molecule has 4 bridgehead atoms. The Morgan fingerprint density at radius 2 is 1.42 bits per heavy atom. The number of fused-ring (bicyclic) bond motifs is 4. The van der Waals surface area contributed by atoms with Gasteiger partial charge in [0.2, 0.25) is 0 Å². The van der Waals surface area contributed by atoms with E-state index < -0.39 is 0 Å². The maximum absolute atomic E-state index is 13.7. The van der Waals surface area contributed by atoms with Gasteiger partial charge in [0.15, 0.2) is 0 Å². The molecule has 13 atom stereocenters. The second-order valence-corrected chi connectivity index (χ2v) is 14.5. The molecule has 0 unspecified atom stereocenters. The van der Waals surface area contributed by atoms with Crippen LogP contribution < -0.4 is 0 Å². The molecular formula is C35H61NO7. The lowest BCUT2D eigenvalue weighted by atomic mass is 9.84. The van der Waals surface area contributed by atoms with Crippen LogP contribution in [0.5, 0.6) is 0 Å². The summed E-state index contributed by atoms with van der Waals surface area (Å²) in [6.07, 6.45) is 10.3. The summed E-state index contributed by atoms with van der Waals surface area (Å²) < 4.78 is 32.2. The Kier molecular flexibility index (Phi) is 12.8. The van der Waals surface area contributed by atoms with Crippen molar-refractivity contribution >= 4 is 11.9 Å². The van der Waals surface area contributed by atoms with E-state index in [9.17, 15) is 9.59 Å². The van der Waals surface area contributed by atoms with Gasteiger partial charge < -0.3 is 28.6 Å². The molecule has 248 valence electrons. The van der Waals surface area contributed by atoms with Gasteiger partial charge in [0.1, 0.15) is 12.2 Å². The molecule has 0 aliphatic carbocycles. The van der Waals surface area contributed by atoms with Crippen LogP contribution in [0, 0.1) is 23.7 Å². The second kappa shape index (κ2) is 15.9. The average molecular weight is 608 g/mol. The van der Waals surface area contributed by atoms with E-state index in [-0.39, 0.29) is 84.4 Å². The number of carbonyl (C=O) groups excluding carboxylic acids is 2. The number of ether oxygens (including phenoxy) is 5. The molecule has 43 heavy (non-hydrogen) atoms. The van der Waals surface area contributed by atoms with Gasteiger partial charge in [-0.25, -0.2) is 0 Å². The van der Waals surface area contributed by atoms with E-state index in [1.54, 1.807) is 0 Å². The highest BCUT2D eigenvalue weighted by Gasteiger charge is 2.46. The summed E-state index contributed by atoms with van der Waals surface area (Å²) in [5, 5.41) is 0. The van der Waals surface area contributed by atoms with Crippen LogP contribution >= 0.6 is 0 Å². The van der Waals surface area contributed by atoms with Crippen LogP contribution in [0.15, 0.2) is 0 Å². The third kappa shape index (κ3) is 8.74. The van der Waals surface area contributed by atoms with E-state index in [1.807, 2.05) is 13.8 Å². The molecule has 0 aromatic rings. The van der Waals surface area contributed by atoms with Gasteiger partial charge in [-0.15, -0.1) is 0 Å². The first kappa shape index (κ1) is 34.6. The molecule has 4 rings (SSSR count). The number of nitrogens with zero attached hydrogens (tertiary/aromatic N) is 1. The zero-order chi connectivity index (χ0) is 31.3. The number of rotatable bonds is 9. The summed E-state index contributed by atoms with van der Waals surface area (Å²) in [6, 6.07) is 0.509. The lowest BCUT2D eigenvalue weighted by Crippen LogP contribution is -2.44. The van der Waals surface area contributed by atoms with Crippen molar-refractivity contribution in [3.8, 4) is 0 Å². The maximum Gasteiger partial charge on any atom is 0.311 e. The van der Waals surface area contributed by atoms with Gasteiger partial charge in [-0.3, -0.25) is 9.59 Å². The van der Waals surface area contributed by atoms with Crippen molar-refractivity contribution in [2.24, 2.45) is 23.7 Å². The highest BCUT2D eigenvalue weighted by molar-refractivity contribution is 5.73. The van der Waals surface area contributed by atoms with E-state index in [2.05, 4.69) is 46.7 Å². The summed E-state index contributed by atoms with van der Waals surface area (Å²) >= 11 is 0. The van der Waals surface area contributed by atoms with Crippen molar-refractivity contribution in [2.45, 2.75) is 173 Å². The smallest absolute Gasteiger partial charge is 0.311 e. The fourth-order valence-corrected chi connectivity index (χ4v) is 8.01. The first-order chi connectivity index (χ1) is 20.5. The lowest BCUT2D eigenvalue weighted by Gasteiger charge is -2.36. The molecule has 0 amide bonds. The first-order valence-corrected chi connectivity index (χ1v) is 17.6. The molecule has 0 saturated carbocycles. The summed E-state index contributed by atoms with van der Waals surface area (Å²) in [4.78, 5) is 29.3. The quantitative estimate of drug-likeness (QED) is 0.282. The molecule has 0 aromatic carbocycles. The molecule has 0 spiro atoms. The zero-order valence-corrected chi connectivity index (χ0v) is 28.3. The molecule has 8 nitrogen and oxygen atoms in total. The molecule has 8 heteroatoms. The largest absolute Gasteiger partial charge is 0.462 e. The summed E-state index contributed by atoms with van der Waals surface area (Å²) in [6.45, 7) is 12.6. The third-order valence-electron chi connectivity index (χ3n) is 11.0. The number of cyclic esters (lactones) is 2. The fourth-order valence-electron chi connectivity index (χ4n) is 8.01. The average Bonchev–Trinajstić information content (AvgIpc) is 3.75. The molecule has 4 heterocycles. The van der Waals surface area contributed by atoms with Crippen LogP contribution in [-0.4, -0.2) is 85.8 Å². The van der Waals surface area contributed by atoms with E-state index in [1.165, 1.54) is 0 Å². The van der Waals surface area contributed by atoms with Gasteiger partial charge in [-0.05, 0) is 85.7 Å². The Morgan fingerprint density at radius 1 is 0.767 bits per heavy atom. The van der Waals surface area contributed by atoms with Gasteiger partial charge in [0, 0.05) is 24.3 Å². The molecule has 0 radical (unpaired) electrons. The van der Waals surface area contributed by atoms with Crippen molar-refractivity contribution in [1.29, 1.82) is 0 Å². The Balaban J connectivity index is 1.51. The summed E-state index contributed by atoms with van der Waals surface area (Å²) in [5.74, 6) is -1.08. The topological polar surface area (TPSA) is 83.5 Å². The van der Waals surface area contributed by atoms with Crippen molar-refractivity contribution in [3.05, 3.63) is 0 Å². The monoisotopic (exact) mass is 607 g/mol. The van der Waals surface area contributed by atoms with Crippen LogP contribution in [0.3, 0.4) is 0 Å². The Morgan fingerprint density at radius 3 is 2.09 bits per heavy atom. The van der Waals surface area contributed by atoms with Crippen LogP contribution in [0.1, 0.15) is 119 Å². The maximum atomic E-state index is 13.7. The fraction of sp³-hybridized carbons (Fsp3) is 0.943. The normalized spacial score (nSPS) is 40.8. The van der Waals surface area contributed by atoms with Gasteiger partial charge >= 0.3 is 11.9 Å². The minimum Gasteiger partial charge on any atom is -0.462 e. The van der Waals surface area contributed by atoms with E-state index in [0.717, 1.165) is 70.6 Å². The number of esters is 2. The minimum absolute atomic E-state index is 0.0175. The van der Waals surface area contributed by atoms with Gasteiger partial charge in [-0.1, -0.05) is 40.5 Å². The van der Waals surface area contributed by atoms with Crippen molar-refractivity contribution in [3.63, 3.8) is 0 Å². The van der Waals surface area contributed by atoms with E-state index in [0.29, 0.717) is 12.5 Å². The highest BCUT2D eigenvalue weighted by atomic mass is 16.6. The van der Waals surface area contributed by atoms with Gasteiger partial charge in [-0.2, -0.15) is 0 Å². The third-order valence-corrected chi connectivity index (χ3v) is 11.0. The summed E-state index contributed by atoms with van der Waals surface area (Å²) in [7, 11) is 4.32. The van der Waals surface area contributed by atoms with Gasteiger partial charge in [0.05, 0.1) is 48.5 Å². The zero-order valence-electron chi connectivity index (χ0n) is 28.3. The first-order valence-electron chi connectivity index (χ1n) is 17.6. The van der Waals surface area contributed by atoms with Crippen molar-refractivity contribution in [1.82, 2.24) is 4.90 Å². The molecule has 4 aliphatic heterocycles. The van der Waals surface area contributed by atoms with E-state index >= 15 is 0 Å². The second-order valence-electron chi connectivity index (χ2n) is 14.5. The standard InChI is InChI=1S/C35H61NO7/c1-9-11-25(36(7)8)19-27-13-15-29(39-27)21(3)33-22(4)30-17-18-32(42-30)24(6)34(37)41-26(12-10-2)20-28-14-16-31(40-28)23(5)35(38)43-33/h21-33H,9-20H2,1-8H3/t21-,22-,23+,24+,25-,26+,27+,28+,29-,30+,31-,32-,33+/m1/s1. The lowest BCUT2D eigenvalue weighted by molar-refractivity contribution is -0.175. The van der Waals surface area contributed by atoms with Crippen LogP contribution in [0.2, 0.25) is 0 Å². The molecule has 0 aromatic heterocycles. The van der Waals surface area contributed by atoms with Crippen molar-refractivity contribution in [2.75, 3.05) is 14.1 Å². The van der Waals surface area contributed by atoms with Gasteiger partial charge in [0.25, 0.3) is 0 Å². The minimum atomic E-state index is -0.364. The molecule has 4 fully saturated rings. The van der Waals surface area contributed by atoms with E-state index in [4.69, 9.17) is 23.7 Å². The molecular weight excluding hydrogens is 546 g/mol. The predicted molar refractivity (Wildman–Crippen MR) is 167 cm³/mol. The number of hydrogen-bond donors (Lipinski definition) is 0. The van der Waals surface area contributed by atoms with Crippen LogP contribution in [-0.2, 0) is 33.3 Å². The summed E-state index contributed by atoms with van der Waals surface area (Å²) in [5.41, 5.74) is 0. The highest BCUT2D eigenvalue weighted by Crippen LogP contribution is 2.39. The number of hydrogen-bond acceptors (Lipinski definition) is 8. The van der Waals surface area contributed by atoms with Crippen LogP contribution in [0.25, 0.3) is 0 Å². The SMILES string of the molecule is CCC[C@H]1C[C@@H]2CC[C@@H](O2)[C@H](C)C(=O)O[C@@H]([C@H](C)[C@H]2CC[C@@H](C[C@@H](CCC)N(C)C)O2)[C@H](C)[C@@H]2CC[C@@H](O2)[C@H](C)C(=O)O1. The molecule has 4 aliphatic rings. The Hall–Kier alpha value is -1.22. The van der Waals surface area contributed by atoms with Crippen molar-refractivity contribution < 1.29 is 33.3 Å². The Bertz CT molecular complexity index is 897. The predicted octanol–water partition coefficient (Wildman–Crippen LogP) is 6.32. The molecule has 0 N–H and O–H groups in total. The number of carbonyl (C=O) groups is 2. The van der Waals surface area contributed by atoms with Crippen LogP contribution in [0.4, 0.5) is 0 Å². The Labute approximate surface area is 261 Å². The molecule has 4 saturated heterocycles.